The molecule has 0 radical (unpaired) electrons. The number of nitrogens with zero attached hydrogens (tertiary/aromatic N) is 4. The Morgan fingerprint density at radius 2 is 1.88 bits per heavy atom. The number of hydrogen-bond acceptors (Lipinski definition) is 10. The first kappa shape index (κ1) is 22.1. The molecule has 11 nitrogen and oxygen atoms in total. The van der Waals surface area contributed by atoms with Crippen molar-refractivity contribution in [1.82, 2.24) is 19.5 Å². The first-order chi connectivity index (χ1) is 15.0. The molecule has 1 aliphatic heterocycles. The first-order valence-electron chi connectivity index (χ1n) is 9.68. The SMILES string of the molecule is CC(C)=C(O)[C@H]1O[C@](n2cnc3c(N)ncnc32)(S(=O)(=O)c2ccccc2C)[C@H](O)[C@@H]1O. The Kier molecular flexibility index (Phi) is 5.20. The summed E-state index contributed by atoms with van der Waals surface area (Å²) in [5.74, 6) is -0.397. The number of hydrogen-bond donors (Lipinski definition) is 4. The lowest BCUT2D eigenvalue weighted by atomic mass is 10.1. The fraction of sp³-hybridized carbons (Fsp3) is 0.350. The van der Waals surface area contributed by atoms with Gasteiger partial charge in [-0.2, -0.15) is 0 Å². The summed E-state index contributed by atoms with van der Waals surface area (Å²) < 4.78 is 35.1. The van der Waals surface area contributed by atoms with E-state index in [4.69, 9.17) is 10.5 Å². The minimum absolute atomic E-state index is 0.00563. The summed E-state index contributed by atoms with van der Waals surface area (Å²) in [6.45, 7) is 4.72. The van der Waals surface area contributed by atoms with Gasteiger partial charge < -0.3 is 25.8 Å². The maximum Gasteiger partial charge on any atom is 0.286 e. The van der Waals surface area contributed by atoms with Crippen molar-refractivity contribution >= 4 is 26.8 Å². The van der Waals surface area contributed by atoms with Gasteiger partial charge in [-0.1, -0.05) is 18.2 Å². The van der Waals surface area contributed by atoms with Gasteiger partial charge in [-0.05, 0) is 38.0 Å². The van der Waals surface area contributed by atoms with Crippen LogP contribution in [0.25, 0.3) is 11.2 Å². The monoisotopic (exact) mass is 461 g/mol. The van der Waals surface area contributed by atoms with Crippen molar-refractivity contribution in [3.05, 3.63) is 53.8 Å². The van der Waals surface area contributed by atoms with E-state index in [2.05, 4.69) is 15.0 Å². The Morgan fingerprint density at radius 1 is 1.19 bits per heavy atom. The summed E-state index contributed by atoms with van der Waals surface area (Å²) in [6, 6.07) is 6.16. The van der Waals surface area contributed by atoms with E-state index < -0.39 is 39.0 Å². The highest BCUT2D eigenvalue weighted by Crippen LogP contribution is 2.46. The molecular weight excluding hydrogens is 438 g/mol. The van der Waals surface area contributed by atoms with E-state index in [-0.39, 0.29) is 21.9 Å². The number of rotatable bonds is 4. The molecule has 1 saturated heterocycles. The van der Waals surface area contributed by atoms with E-state index in [0.717, 1.165) is 17.2 Å². The highest BCUT2D eigenvalue weighted by molar-refractivity contribution is 7.92. The van der Waals surface area contributed by atoms with E-state index in [9.17, 15) is 23.7 Å². The average Bonchev–Trinajstić information content (AvgIpc) is 3.29. The van der Waals surface area contributed by atoms with Crippen LogP contribution in [0.4, 0.5) is 5.82 Å². The predicted molar refractivity (Wildman–Crippen MR) is 114 cm³/mol. The van der Waals surface area contributed by atoms with Gasteiger partial charge in [-0.3, -0.25) is 4.57 Å². The lowest BCUT2D eigenvalue weighted by Crippen LogP contribution is -2.51. The Labute approximate surface area is 183 Å². The molecule has 3 heterocycles. The van der Waals surface area contributed by atoms with Gasteiger partial charge in [-0.25, -0.2) is 23.4 Å². The summed E-state index contributed by atoms with van der Waals surface area (Å²) in [7, 11) is -4.58. The van der Waals surface area contributed by atoms with E-state index in [0.29, 0.717) is 11.1 Å². The Hall–Kier alpha value is -3.06. The number of benzene rings is 1. The number of allylic oxidation sites excluding steroid dienone is 1. The van der Waals surface area contributed by atoms with Crippen molar-refractivity contribution in [2.45, 2.75) is 49.0 Å². The van der Waals surface area contributed by atoms with Crippen molar-refractivity contribution in [1.29, 1.82) is 0 Å². The summed E-state index contributed by atoms with van der Waals surface area (Å²) in [5.41, 5.74) is 6.69. The molecule has 12 heteroatoms. The van der Waals surface area contributed by atoms with Gasteiger partial charge >= 0.3 is 0 Å². The minimum Gasteiger partial charge on any atom is -0.510 e. The standard InChI is InChI=1S/C20H23N5O6S/c1-10(2)14(26)16-15(27)17(28)20(31-16,32(29,30)12-7-5-4-6-11(12)3)25-9-24-13-18(21)22-8-23-19(13)25/h4-9,15-17,26-28H,1-3H3,(H2,21,22,23)/t15-,16-,17-,20+/m1/s1. The summed E-state index contributed by atoms with van der Waals surface area (Å²) in [4.78, 5) is 11.9. The van der Waals surface area contributed by atoms with Crippen LogP contribution in [0, 0.1) is 6.92 Å². The molecule has 0 unspecified atom stereocenters. The number of ether oxygens (including phenoxy) is 1. The van der Waals surface area contributed by atoms with Crippen LogP contribution in [0.1, 0.15) is 19.4 Å². The predicted octanol–water partition coefficient (Wildman–Crippen LogP) is 0.774. The number of aromatic nitrogens is 4. The minimum atomic E-state index is -4.58. The lowest BCUT2D eigenvalue weighted by molar-refractivity contribution is -0.0725. The van der Waals surface area contributed by atoms with E-state index in [1.54, 1.807) is 32.9 Å². The van der Waals surface area contributed by atoms with Gasteiger partial charge in [0.1, 0.15) is 42.2 Å². The van der Waals surface area contributed by atoms with Crippen LogP contribution >= 0.6 is 0 Å². The third kappa shape index (κ3) is 2.91. The molecule has 1 aromatic carbocycles. The quantitative estimate of drug-likeness (QED) is 0.406. The number of nitrogens with two attached hydrogens (primary N) is 1. The summed E-state index contributed by atoms with van der Waals surface area (Å²) >= 11 is 0. The Morgan fingerprint density at radius 3 is 2.53 bits per heavy atom. The molecule has 5 N–H and O–H groups in total. The topological polar surface area (TPSA) is 174 Å². The second-order valence-electron chi connectivity index (χ2n) is 7.80. The van der Waals surface area contributed by atoms with Crippen molar-refractivity contribution in [2.75, 3.05) is 5.73 Å². The molecule has 170 valence electrons. The van der Waals surface area contributed by atoms with Crippen LogP contribution < -0.4 is 5.73 Å². The number of fused-ring (bicyclic) bond motifs is 1. The zero-order valence-corrected chi connectivity index (χ0v) is 18.4. The summed E-state index contributed by atoms with van der Waals surface area (Å²) in [6.07, 6.45) is -3.10. The second kappa shape index (κ2) is 7.52. The maximum absolute atomic E-state index is 14.1. The molecule has 0 saturated carbocycles. The number of aliphatic hydroxyl groups excluding tert-OH is 3. The lowest BCUT2D eigenvalue weighted by Gasteiger charge is -2.33. The zero-order valence-electron chi connectivity index (χ0n) is 17.5. The van der Waals surface area contributed by atoms with Crippen molar-refractivity contribution < 1.29 is 28.5 Å². The first-order valence-corrected chi connectivity index (χ1v) is 11.2. The van der Waals surface area contributed by atoms with Gasteiger partial charge in [0.15, 0.2) is 11.5 Å². The van der Waals surface area contributed by atoms with Crippen molar-refractivity contribution in [3.8, 4) is 0 Å². The molecule has 0 amide bonds. The molecule has 0 bridgehead atoms. The highest BCUT2D eigenvalue weighted by atomic mass is 32.2. The molecule has 4 rings (SSSR count). The van der Waals surface area contributed by atoms with Gasteiger partial charge in [0.25, 0.3) is 5.06 Å². The molecule has 1 aliphatic rings. The second-order valence-corrected chi connectivity index (χ2v) is 9.84. The van der Waals surface area contributed by atoms with Crippen LogP contribution in [0.15, 0.2) is 53.1 Å². The molecule has 3 aromatic rings. The van der Waals surface area contributed by atoms with Crippen LogP contribution in [-0.2, 0) is 19.6 Å². The van der Waals surface area contributed by atoms with Gasteiger partial charge in [0.2, 0.25) is 9.84 Å². The van der Waals surface area contributed by atoms with Gasteiger partial charge in [-0.15, -0.1) is 0 Å². The van der Waals surface area contributed by atoms with Crippen LogP contribution in [0.5, 0.6) is 0 Å². The maximum atomic E-state index is 14.1. The molecule has 0 aliphatic carbocycles. The fourth-order valence-corrected chi connectivity index (χ4v) is 6.00. The fourth-order valence-electron chi connectivity index (χ4n) is 3.85. The molecule has 4 atom stereocenters. The average molecular weight is 462 g/mol. The normalized spacial score (nSPS) is 25.8. The third-order valence-electron chi connectivity index (χ3n) is 5.55. The smallest absolute Gasteiger partial charge is 0.286 e. The van der Waals surface area contributed by atoms with E-state index in [1.807, 2.05) is 0 Å². The Bertz CT molecular complexity index is 1330. The number of sulfone groups is 1. The molecule has 1 fully saturated rings. The third-order valence-corrected chi connectivity index (χ3v) is 7.89. The zero-order chi connectivity index (χ0) is 23.4. The van der Waals surface area contributed by atoms with Crippen LogP contribution in [0.2, 0.25) is 0 Å². The van der Waals surface area contributed by atoms with Crippen LogP contribution in [-0.4, -0.2) is 61.6 Å². The number of nitrogen functional groups attached to an aromatic ring is 1. The van der Waals surface area contributed by atoms with E-state index >= 15 is 0 Å². The van der Waals surface area contributed by atoms with Gasteiger partial charge in [0, 0.05) is 0 Å². The van der Waals surface area contributed by atoms with E-state index in [1.165, 1.54) is 12.1 Å². The summed E-state index contributed by atoms with van der Waals surface area (Å²) in [5, 5.41) is 29.9. The van der Waals surface area contributed by atoms with Gasteiger partial charge in [0.05, 0.1) is 4.90 Å². The largest absolute Gasteiger partial charge is 0.510 e. The number of anilines is 1. The number of aliphatic hydroxyl groups is 3. The highest BCUT2D eigenvalue weighted by Gasteiger charge is 2.65. The molecule has 0 spiro atoms. The van der Waals surface area contributed by atoms with Crippen LogP contribution in [0.3, 0.4) is 0 Å². The number of aryl methyl sites for hydroxylation is 1. The van der Waals surface area contributed by atoms with Crippen molar-refractivity contribution in [2.24, 2.45) is 0 Å². The van der Waals surface area contributed by atoms with Crippen molar-refractivity contribution in [3.63, 3.8) is 0 Å². The number of imidazole rings is 1. The Balaban J connectivity index is 2.08. The molecule has 32 heavy (non-hydrogen) atoms. The molecular formula is C20H23N5O6S. The molecule has 2 aromatic heterocycles.